The number of carbonyl (C=O) groups is 1. The summed E-state index contributed by atoms with van der Waals surface area (Å²) < 4.78 is 39.8. The van der Waals surface area contributed by atoms with Gasteiger partial charge in [-0.15, -0.1) is 0 Å². The van der Waals surface area contributed by atoms with Crippen molar-refractivity contribution in [3.63, 3.8) is 0 Å². The Labute approximate surface area is 247 Å². The summed E-state index contributed by atoms with van der Waals surface area (Å²) in [6.07, 6.45) is 15.8. The summed E-state index contributed by atoms with van der Waals surface area (Å²) in [4.78, 5) is 12.0. The van der Waals surface area contributed by atoms with Crippen LogP contribution in [0.1, 0.15) is 122 Å². The highest BCUT2D eigenvalue weighted by molar-refractivity contribution is 5.74. The summed E-state index contributed by atoms with van der Waals surface area (Å²) >= 11 is 0. The standard InChI is InChI=1S/C36H52F2O3/c1-3-5-7-8-9-10-11-12-26-40-35-25-22-31(27-34(35)38)30-20-16-28(17-21-30)14-15-29-18-23-32(24-19-29)41-36(39)33(37)13-6-4-2/h16-17,20-22,25,27,29,32-33H,3-15,18-19,23-24,26H2,1-2H3/t29-,32-,33-/m0/s1. The Morgan fingerprint density at radius 3 is 2.12 bits per heavy atom. The highest BCUT2D eigenvalue weighted by Gasteiger charge is 2.27. The van der Waals surface area contributed by atoms with E-state index >= 15 is 0 Å². The topological polar surface area (TPSA) is 35.5 Å². The molecule has 1 atom stereocenters. The van der Waals surface area contributed by atoms with Gasteiger partial charge in [0.1, 0.15) is 6.10 Å². The predicted octanol–water partition coefficient (Wildman–Crippen LogP) is 10.6. The maximum absolute atomic E-state index is 14.7. The van der Waals surface area contributed by atoms with Crippen molar-refractivity contribution in [3.8, 4) is 16.9 Å². The van der Waals surface area contributed by atoms with Crippen LogP contribution in [-0.2, 0) is 16.0 Å². The van der Waals surface area contributed by atoms with E-state index in [1.54, 1.807) is 12.1 Å². The summed E-state index contributed by atoms with van der Waals surface area (Å²) in [5, 5.41) is 0. The Kier molecular flexibility index (Phi) is 15.2. The zero-order valence-electron chi connectivity index (χ0n) is 25.5. The van der Waals surface area contributed by atoms with Gasteiger partial charge in [0, 0.05) is 0 Å². The van der Waals surface area contributed by atoms with E-state index < -0.39 is 12.1 Å². The summed E-state index contributed by atoms with van der Waals surface area (Å²) in [6.45, 7) is 4.78. The number of ether oxygens (including phenoxy) is 2. The van der Waals surface area contributed by atoms with Crippen molar-refractivity contribution < 1.29 is 23.0 Å². The van der Waals surface area contributed by atoms with Gasteiger partial charge in [-0.05, 0) is 86.1 Å². The largest absolute Gasteiger partial charge is 0.491 e. The molecule has 0 radical (unpaired) electrons. The van der Waals surface area contributed by atoms with Crippen LogP contribution in [0.2, 0.25) is 0 Å². The smallest absolute Gasteiger partial charge is 0.340 e. The molecule has 0 aromatic heterocycles. The van der Waals surface area contributed by atoms with Crippen molar-refractivity contribution in [3.05, 3.63) is 53.8 Å². The van der Waals surface area contributed by atoms with Crippen molar-refractivity contribution in [1.29, 1.82) is 0 Å². The van der Waals surface area contributed by atoms with Crippen LogP contribution < -0.4 is 4.74 Å². The normalized spacial score (nSPS) is 17.8. The van der Waals surface area contributed by atoms with Crippen LogP contribution in [-0.4, -0.2) is 24.9 Å². The molecule has 0 amide bonds. The van der Waals surface area contributed by atoms with Crippen molar-refractivity contribution >= 4 is 5.97 Å². The molecule has 0 saturated heterocycles. The van der Waals surface area contributed by atoms with E-state index in [0.717, 1.165) is 68.9 Å². The average molecular weight is 571 g/mol. The lowest BCUT2D eigenvalue weighted by atomic mass is 9.83. The first-order chi connectivity index (χ1) is 20.0. The Bertz CT molecular complexity index is 998. The molecule has 2 aromatic carbocycles. The molecular formula is C36H52F2O3. The second kappa shape index (κ2) is 18.9. The van der Waals surface area contributed by atoms with E-state index in [0.29, 0.717) is 24.7 Å². The highest BCUT2D eigenvalue weighted by Crippen LogP contribution is 2.31. The van der Waals surface area contributed by atoms with Gasteiger partial charge in [0.2, 0.25) is 0 Å². The molecule has 0 N–H and O–H groups in total. The monoisotopic (exact) mass is 570 g/mol. The van der Waals surface area contributed by atoms with Gasteiger partial charge in [0.05, 0.1) is 6.61 Å². The van der Waals surface area contributed by atoms with Gasteiger partial charge >= 0.3 is 5.97 Å². The van der Waals surface area contributed by atoms with Crippen LogP contribution in [0.5, 0.6) is 5.75 Å². The third kappa shape index (κ3) is 12.1. The van der Waals surface area contributed by atoms with E-state index in [9.17, 15) is 13.6 Å². The third-order valence-electron chi connectivity index (χ3n) is 8.46. The Morgan fingerprint density at radius 1 is 0.829 bits per heavy atom. The molecule has 41 heavy (non-hydrogen) atoms. The molecule has 1 fully saturated rings. The zero-order chi connectivity index (χ0) is 29.3. The van der Waals surface area contributed by atoms with E-state index in [1.165, 1.54) is 44.1 Å². The molecule has 0 aliphatic heterocycles. The Morgan fingerprint density at radius 2 is 1.46 bits per heavy atom. The summed E-state index contributed by atoms with van der Waals surface area (Å²) in [6, 6.07) is 13.6. The molecule has 1 aliphatic carbocycles. The number of carbonyl (C=O) groups excluding carboxylic acids is 1. The summed E-state index contributed by atoms with van der Waals surface area (Å²) in [5.41, 5.74) is 3.12. The van der Waals surface area contributed by atoms with Crippen molar-refractivity contribution in [2.75, 3.05) is 6.61 Å². The van der Waals surface area contributed by atoms with Gasteiger partial charge in [-0.2, -0.15) is 0 Å². The summed E-state index contributed by atoms with van der Waals surface area (Å²) in [5.74, 6) is -0.0598. The fraction of sp³-hybridized carbons (Fsp3) is 0.639. The van der Waals surface area contributed by atoms with Crippen LogP contribution in [0.3, 0.4) is 0 Å². The lowest BCUT2D eigenvalue weighted by molar-refractivity contribution is -0.157. The number of benzene rings is 2. The van der Waals surface area contributed by atoms with Crippen LogP contribution in [0.15, 0.2) is 42.5 Å². The van der Waals surface area contributed by atoms with Gasteiger partial charge in [0.25, 0.3) is 0 Å². The molecule has 1 saturated carbocycles. The second-order valence-corrected chi connectivity index (χ2v) is 11.9. The van der Waals surface area contributed by atoms with Crippen LogP contribution in [0.4, 0.5) is 8.78 Å². The minimum Gasteiger partial charge on any atom is -0.491 e. The van der Waals surface area contributed by atoms with E-state index in [-0.39, 0.29) is 18.3 Å². The quantitative estimate of drug-likeness (QED) is 0.124. The number of rotatable bonds is 19. The predicted molar refractivity (Wildman–Crippen MR) is 165 cm³/mol. The molecule has 228 valence electrons. The average Bonchev–Trinajstić information content (AvgIpc) is 2.99. The minimum absolute atomic E-state index is 0.139. The number of unbranched alkanes of at least 4 members (excludes halogenated alkanes) is 8. The zero-order valence-corrected chi connectivity index (χ0v) is 25.5. The number of halogens is 2. The first-order valence-corrected chi connectivity index (χ1v) is 16.4. The number of hydrogen-bond donors (Lipinski definition) is 0. The van der Waals surface area contributed by atoms with Crippen LogP contribution in [0, 0.1) is 11.7 Å². The lowest BCUT2D eigenvalue weighted by Gasteiger charge is -2.28. The van der Waals surface area contributed by atoms with Crippen molar-refractivity contribution in [1.82, 2.24) is 0 Å². The Balaban J connectivity index is 1.34. The van der Waals surface area contributed by atoms with Crippen molar-refractivity contribution in [2.24, 2.45) is 5.92 Å². The Hall–Kier alpha value is -2.43. The third-order valence-corrected chi connectivity index (χ3v) is 8.46. The van der Waals surface area contributed by atoms with Gasteiger partial charge in [0.15, 0.2) is 17.7 Å². The number of hydrogen-bond acceptors (Lipinski definition) is 3. The lowest BCUT2D eigenvalue weighted by Crippen LogP contribution is -2.29. The highest BCUT2D eigenvalue weighted by atomic mass is 19.1. The number of alkyl halides is 1. The van der Waals surface area contributed by atoms with E-state index in [4.69, 9.17) is 9.47 Å². The molecule has 5 heteroatoms. The SMILES string of the molecule is CCCCCCCCCCOc1ccc(-c2ccc(CC[C@H]3CC[C@H](OC(=O)[C@@H](F)CCCC)CC3)cc2)cc1F. The fourth-order valence-electron chi connectivity index (χ4n) is 5.73. The van der Waals surface area contributed by atoms with Gasteiger partial charge in [-0.25, -0.2) is 13.6 Å². The molecule has 2 aromatic rings. The van der Waals surface area contributed by atoms with Gasteiger partial charge in [-0.3, -0.25) is 0 Å². The molecule has 0 heterocycles. The van der Waals surface area contributed by atoms with Crippen molar-refractivity contribution in [2.45, 2.75) is 135 Å². The van der Waals surface area contributed by atoms with Crippen LogP contribution in [0.25, 0.3) is 11.1 Å². The maximum atomic E-state index is 14.7. The molecular weight excluding hydrogens is 518 g/mol. The molecule has 0 unspecified atom stereocenters. The molecule has 3 rings (SSSR count). The van der Waals surface area contributed by atoms with Crippen LogP contribution >= 0.6 is 0 Å². The van der Waals surface area contributed by atoms with Gasteiger partial charge in [-0.1, -0.05) is 102 Å². The first-order valence-electron chi connectivity index (χ1n) is 16.4. The van der Waals surface area contributed by atoms with E-state index in [2.05, 4.69) is 31.2 Å². The summed E-state index contributed by atoms with van der Waals surface area (Å²) in [7, 11) is 0. The number of esters is 1. The van der Waals surface area contributed by atoms with E-state index in [1.807, 2.05) is 13.0 Å². The first kappa shape index (κ1) is 33.1. The van der Waals surface area contributed by atoms with Gasteiger partial charge < -0.3 is 9.47 Å². The minimum atomic E-state index is -1.48. The molecule has 0 spiro atoms. The molecule has 3 nitrogen and oxygen atoms in total. The fourth-order valence-corrected chi connectivity index (χ4v) is 5.73. The second-order valence-electron chi connectivity index (χ2n) is 11.9. The molecule has 1 aliphatic rings. The number of aryl methyl sites for hydroxylation is 1. The molecule has 0 bridgehead atoms. The maximum Gasteiger partial charge on any atom is 0.340 e.